The lowest BCUT2D eigenvalue weighted by molar-refractivity contribution is 0.245. The minimum absolute atomic E-state index is 0.0157. The number of rotatable bonds is 4. The molecule has 1 aromatic carbocycles. The van der Waals surface area contributed by atoms with Gasteiger partial charge in [0.1, 0.15) is 0 Å². The summed E-state index contributed by atoms with van der Waals surface area (Å²) in [6.45, 7) is 16.6. The molecule has 1 nitrogen and oxygen atoms in total. The number of hydrogen-bond acceptors (Lipinski definition) is 1. The van der Waals surface area contributed by atoms with Gasteiger partial charge in [0, 0.05) is 17.6 Å². The van der Waals surface area contributed by atoms with Crippen LogP contribution in [0.5, 0.6) is 0 Å². The summed E-state index contributed by atoms with van der Waals surface area (Å²) in [6.07, 6.45) is 0.972. The second-order valence-corrected chi connectivity index (χ2v) is 12.7. The van der Waals surface area contributed by atoms with Crippen molar-refractivity contribution in [1.82, 2.24) is 0 Å². The van der Waals surface area contributed by atoms with E-state index < -0.39 is 8.32 Å². The Bertz CT molecular complexity index is 498. The van der Waals surface area contributed by atoms with Crippen LogP contribution in [0.4, 0.5) is 0 Å². The molecule has 0 aliphatic heterocycles. The zero-order valence-electron chi connectivity index (χ0n) is 14.7. The topological polar surface area (TPSA) is 9.23 Å². The van der Waals surface area contributed by atoms with E-state index in [1.165, 1.54) is 0 Å². The van der Waals surface area contributed by atoms with Gasteiger partial charge in [-0.25, -0.2) is 0 Å². The second-order valence-electron chi connectivity index (χ2n) is 7.86. The van der Waals surface area contributed by atoms with Gasteiger partial charge < -0.3 is 4.43 Å². The van der Waals surface area contributed by atoms with E-state index in [4.69, 9.17) is 4.43 Å². The Kier molecular flexibility index (Phi) is 5.84. The van der Waals surface area contributed by atoms with Gasteiger partial charge in [-0.1, -0.05) is 50.8 Å². The smallest absolute Gasteiger partial charge is 0.191 e. The van der Waals surface area contributed by atoms with Gasteiger partial charge in [0.2, 0.25) is 0 Å². The summed E-state index contributed by atoms with van der Waals surface area (Å²) in [4.78, 5) is 0. The third-order valence-corrected chi connectivity index (χ3v) is 8.85. The molecule has 2 heteroatoms. The maximum absolute atomic E-state index is 6.25. The summed E-state index contributed by atoms with van der Waals surface area (Å²) in [6, 6.07) is 10.2. The molecule has 116 valence electrons. The van der Waals surface area contributed by atoms with E-state index in [0.29, 0.717) is 0 Å². The first-order chi connectivity index (χ1) is 9.54. The molecule has 0 saturated carbocycles. The molecule has 0 N–H and O–H groups in total. The molecule has 1 rings (SSSR count). The van der Waals surface area contributed by atoms with Crippen LogP contribution in [-0.4, -0.2) is 14.9 Å². The van der Waals surface area contributed by atoms with Crippen LogP contribution in [0.1, 0.15) is 46.6 Å². The van der Waals surface area contributed by atoms with Crippen molar-refractivity contribution in [3.8, 4) is 11.8 Å². The van der Waals surface area contributed by atoms with Gasteiger partial charge in [0.05, 0.1) is 0 Å². The van der Waals surface area contributed by atoms with E-state index in [2.05, 4.69) is 71.7 Å². The van der Waals surface area contributed by atoms with Crippen molar-refractivity contribution in [2.24, 2.45) is 5.41 Å². The summed E-state index contributed by atoms with van der Waals surface area (Å²) in [5, 5.41) is 0.271. The first kappa shape index (κ1) is 18.0. The van der Waals surface area contributed by atoms with Crippen LogP contribution in [0, 0.1) is 17.3 Å². The van der Waals surface area contributed by atoms with Crippen molar-refractivity contribution in [3.05, 3.63) is 35.9 Å². The first-order valence-electron chi connectivity index (χ1n) is 7.76. The average molecular weight is 303 g/mol. The second kappa shape index (κ2) is 6.81. The van der Waals surface area contributed by atoms with E-state index in [1.807, 2.05) is 18.2 Å². The SMILES string of the molecule is CC(C)(C#Cc1ccccc1)CCO[Si](C)(C)C(C)(C)C. The summed E-state index contributed by atoms with van der Waals surface area (Å²) in [5.74, 6) is 6.65. The Morgan fingerprint density at radius 1 is 1.00 bits per heavy atom. The Morgan fingerprint density at radius 3 is 2.10 bits per heavy atom. The largest absolute Gasteiger partial charge is 0.417 e. The molecule has 0 saturated heterocycles. The van der Waals surface area contributed by atoms with Gasteiger partial charge in [-0.05, 0) is 50.5 Å². The summed E-state index contributed by atoms with van der Waals surface area (Å²) < 4.78 is 6.25. The molecule has 0 fully saturated rings. The third-order valence-electron chi connectivity index (χ3n) is 4.32. The van der Waals surface area contributed by atoms with Crippen molar-refractivity contribution < 1.29 is 4.43 Å². The Balaban J connectivity index is 2.57. The van der Waals surface area contributed by atoms with Crippen molar-refractivity contribution >= 4 is 8.32 Å². The van der Waals surface area contributed by atoms with E-state index in [9.17, 15) is 0 Å². The standard InChI is InChI=1S/C19H30OSi/c1-18(2,3)21(6,7)20-16-15-19(4,5)14-13-17-11-9-8-10-12-17/h8-12H,15-16H2,1-7H3. The van der Waals surface area contributed by atoms with Crippen molar-refractivity contribution in [2.45, 2.75) is 59.2 Å². The molecular formula is C19H30OSi. The van der Waals surface area contributed by atoms with E-state index >= 15 is 0 Å². The van der Waals surface area contributed by atoms with Crippen molar-refractivity contribution in [1.29, 1.82) is 0 Å². The predicted octanol–water partition coefficient (Wildman–Crippen LogP) is 5.48. The van der Waals surface area contributed by atoms with Crippen LogP contribution in [0.3, 0.4) is 0 Å². The van der Waals surface area contributed by atoms with Crippen molar-refractivity contribution in [3.63, 3.8) is 0 Å². The molecule has 0 amide bonds. The maximum atomic E-state index is 6.25. The van der Waals surface area contributed by atoms with Crippen LogP contribution >= 0.6 is 0 Å². The number of benzene rings is 1. The minimum atomic E-state index is -1.64. The lowest BCUT2D eigenvalue weighted by atomic mass is 9.90. The molecule has 0 aromatic heterocycles. The van der Waals surface area contributed by atoms with E-state index in [1.54, 1.807) is 0 Å². The van der Waals surface area contributed by atoms with Crippen LogP contribution in [0.25, 0.3) is 0 Å². The van der Waals surface area contributed by atoms with Crippen LogP contribution in [-0.2, 0) is 4.43 Å². The molecular weight excluding hydrogens is 272 g/mol. The summed E-state index contributed by atoms with van der Waals surface area (Å²) >= 11 is 0. The fourth-order valence-corrected chi connectivity index (χ4v) is 2.65. The summed E-state index contributed by atoms with van der Waals surface area (Å²) in [7, 11) is -1.64. The van der Waals surface area contributed by atoms with E-state index in [0.717, 1.165) is 18.6 Å². The predicted molar refractivity (Wildman–Crippen MR) is 94.9 cm³/mol. The average Bonchev–Trinajstić information content (AvgIpc) is 2.36. The summed E-state index contributed by atoms with van der Waals surface area (Å²) in [5.41, 5.74) is 1.06. The molecule has 0 atom stereocenters. The molecule has 0 heterocycles. The Labute approximate surface area is 132 Å². The van der Waals surface area contributed by atoms with Gasteiger partial charge in [0.25, 0.3) is 0 Å². The molecule has 0 aliphatic rings. The molecule has 21 heavy (non-hydrogen) atoms. The van der Waals surface area contributed by atoms with Crippen LogP contribution in [0.2, 0.25) is 18.1 Å². The third kappa shape index (κ3) is 6.07. The Hall–Kier alpha value is -1.04. The van der Waals surface area contributed by atoms with Crippen LogP contribution in [0.15, 0.2) is 30.3 Å². The quantitative estimate of drug-likeness (QED) is 0.529. The molecule has 0 aliphatic carbocycles. The van der Waals surface area contributed by atoms with Gasteiger partial charge in [-0.15, -0.1) is 0 Å². The molecule has 0 radical (unpaired) electrons. The fourth-order valence-electron chi connectivity index (χ4n) is 1.60. The number of hydrogen-bond donors (Lipinski definition) is 0. The Morgan fingerprint density at radius 2 is 1.57 bits per heavy atom. The highest BCUT2D eigenvalue weighted by Crippen LogP contribution is 2.37. The van der Waals surface area contributed by atoms with Gasteiger partial charge in [-0.2, -0.15) is 0 Å². The highest BCUT2D eigenvalue weighted by molar-refractivity contribution is 6.74. The van der Waals surface area contributed by atoms with Crippen LogP contribution < -0.4 is 0 Å². The monoisotopic (exact) mass is 302 g/mol. The lowest BCUT2D eigenvalue weighted by Crippen LogP contribution is -2.41. The highest BCUT2D eigenvalue weighted by atomic mass is 28.4. The van der Waals surface area contributed by atoms with Gasteiger partial charge in [-0.3, -0.25) is 0 Å². The van der Waals surface area contributed by atoms with E-state index in [-0.39, 0.29) is 10.5 Å². The maximum Gasteiger partial charge on any atom is 0.191 e. The zero-order chi connectivity index (χ0) is 16.1. The minimum Gasteiger partial charge on any atom is -0.417 e. The molecule has 0 spiro atoms. The van der Waals surface area contributed by atoms with Gasteiger partial charge >= 0.3 is 0 Å². The first-order valence-corrected chi connectivity index (χ1v) is 10.7. The molecule has 0 unspecified atom stereocenters. The van der Waals surface area contributed by atoms with Crippen molar-refractivity contribution in [2.75, 3.05) is 6.61 Å². The van der Waals surface area contributed by atoms with Gasteiger partial charge in [0.15, 0.2) is 8.32 Å². The molecule has 0 bridgehead atoms. The normalized spacial score (nSPS) is 12.7. The highest BCUT2D eigenvalue weighted by Gasteiger charge is 2.37. The fraction of sp³-hybridized carbons (Fsp3) is 0.579. The zero-order valence-corrected chi connectivity index (χ0v) is 15.7. The lowest BCUT2D eigenvalue weighted by Gasteiger charge is -2.36. The molecule has 1 aromatic rings.